The third-order valence-electron chi connectivity index (χ3n) is 2.46. The molecule has 0 unspecified atom stereocenters. The largest absolute Gasteiger partial charge is 0.491 e. The Balaban J connectivity index is 2.57. The fourth-order valence-electron chi connectivity index (χ4n) is 1.78. The average molecular weight is 230 g/mol. The van der Waals surface area contributed by atoms with E-state index in [1.54, 1.807) is 18.2 Å². The molecule has 0 aliphatic rings. The van der Waals surface area contributed by atoms with Gasteiger partial charge in [-0.25, -0.2) is 4.79 Å². The molecule has 0 saturated heterocycles. The average Bonchev–Trinajstić information content (AvgIpc) is 2.27. The summed E-state index contributed by atoms with van der Waals surface area (Å²) >= 11 is 0. The van der Waals surface area contributed by atoms with Gasteiger partial charge in [0.05, 0.1) is 11.7 Å². The standard InChI is InChI=1S/C14H14O3/c1-9(2)17-11-7-6-10-4-3-5-12(14(15)16)13(10)8-11/h3-9H,1-2H3,(H,15,16). The van der Waals surface area contributed by atoms with Crippen LogP contribution in [-0.2, 0) is 0 Å². The predicted octanol–water partition coefficient (Wildman–Crippen LogP) is 3.33. The van der Waals surface area contributed by atoms with Crippen molar-refractivity contribution in [2.24, 2.45) is 0 Å². The maximum atomic E-state index is 11.1. The Bertz CT molecular complexity index is 558. The van der Waals surface area contributed by atoms with E-state index in [-0.39, 0.29) is 6.10 Å². The molecule has 3 heteroatoms. The number of rotatable bonds is 3. The summed E-state index contributed by atoms with van der Waals surface area (Å²) in [6, 6.07) is 10.7. The molecule has 0 heterocycles. The van der Waals surface area contributed by atoms with Crippen molar-refractivity contribution in [1.29, 1.82) is 0 Å². The molecular weight excluding hydrogens is 216 g/mol. The molecule has 0 aliphatic heterocycles. The first kappa shape index (κ1) is 11.5. The molecule has 0 saturated carbocycles. The van der Waals surface area contributed by atoms with Crippen LogP contribution in [0.4, 0.5) is 0 Å². The minimum atomic E-state index is -0.919. The molecule has 2 aromatic carbocycles. The summed E-state index contributed by atoms with van der Waals surface area (Å²) in [5.74, 6) is -0.224. The summed E-state index contributed by atoms with van der Waals surface area (Å²) < 4.78 is 5.56. The van der Waals surface area contributed by atoms with E-state index in [1.807, 2.05) is 32.0 Å². The van der Waals surface area contributed by atoms with Gasteiger partial charge in [-0.05, 0) is 42.8 Å². The highest BCUT2D eigenvalue weighted by molar-refractivity contribution is 6.04. The van der Waals surface area contributed by atoms with Crippen LogP contribution in [0.1, 0.15) is 24.2 Å². The van der Waals surface area contributed by atoms with Crippen molar-refractivity contribution in [3.05, 3.63) is 42.0 Å². The van der Waals surface area contributed by atoms with Gasteiger partial charge in [0.15, 0.2) is 0 Å². The Hall–Kier alpha value is -2.03. The van der Waals surface area contributed by atoms with Crippen LogP contribution in [-0.4, -0.2) is 17.2 Å². The van der Waals surface area contributed by atoms with Gasteiger partial charge in [0.1, 0.15) is 5.75 Å². The summed E-state index contributed by atoms with van der Waals surface area (Å²) in [5, 5.41) is 10.7. The van der Waals surface area contributed by atoms with Gasteiger partial charge >= 0.3 is 5.97 Å². The molecule has 0 amide bonds. The first-order valence-corrected chi connectivity index (χ1v) is 5.50. The van der Waals surface area contributed by atoms with Crippen LogP contribution in [0, 0.1) is 0 Å². The molecule has 0 spiro atoms. The smallest absolute Gasteiger partial charge is 0.336 e. The molecule has 0 fully saturated rings. The van der Waals surface area contributed by atoms with E-state index < -0.39 is 5.97 Å². The number of carboxylic acids is 1. The van der Waals surface area contributed by atoms with Crippen LogP contribution >= 0.6 is 0 Å². The zero-order chi connectivity index (χ0) is 12.4. The topological polar surface area (TPSA) is 46.5 Å². The number of fused-ring (bicyclic) bond motifs is 1. The van der Waals surface area contributed by atoms with Gasteiger partial charge in [0.2, 0.25) is 0 Å². The van der Waals surface area contributed by atoms with Gasteiger partial charge in [-0.3, -0.25) is 0 Å². The van der Waals surface area contributed by atoms with Gasteiger partial charge in [0, 0.05) is 0 Å². The van der Waals surface area contributed by atoms with Gasteiger partial charge in [-0.1, -0.05) is 18.2 Å². The second-order valence-corrected chi connectivity index (χ2v) is 4.16. The summed E-state index contributed by atoms with van der Waals surface area (Å²) in [7, 11) is 0. The molecule has 2 aromatic rings. The Morgan fingerprint density at radius 1 is 1.24 bits per heavy atom. The maximum Gasteiger partial charge on any atom is 0.336 e. The number of ether oxygens (including phenoxy) is 1. The predicted molar refractivity (Wildman–Crippen MR) is 66.7 cm³/mol. The molecule has 0 atom stereocenters. The van der Waals surface area contributed by atoms with Gasteiger partial charge < -0.3 is 9.84 Å². The minimum Gasteiger partial charge on any atom is -0.491 e. The van der Waals surface area contributed by atoms with Crippen molar-refractivity contribution in [3.63, 3.8) is 0 Å². The molecular formula is C14H14O3. The quantitative estimate of drug-likeness (QED) is 0.879. The van der Waals surface area contributed by atoms with Crippen molar-refractivity contribution in [2.75, 3.05) is 0 Å². The van der Waals surface area contributed by atoms with Crippen molar-refractivity contribution in [3.8, 4) is 5.75 Å². The van der Waals surface area contributed by atoms with E-state index in [2.05, 4.69) is 0 Å². The SMILES string of the molecule is CC(C)Oc1ccc2cccc(C(=O)O)c2c1. The van der Waals surface area contributed by atoms with Crippen LogP contribution in [0.5, 0.6) is 5.75 Å². The van der Waals surface area contributed by atoms with E-state index in [0.29, 0.717) is 16.7 Å². The van der Waals surface area contributed by atoms with E-state index in [4.69, 9.17) is 9.84 Å². The minimum absolute atomic E-state index is 0.0736. The molecule has 88 valence electrons. The highest BCUT2D eigenvalue weighted by Gasteiger charge is 2.09. The van der Waals surface area contributed by atoms with Crippen molar-refractivity contribution in [2.45, 2.75) is 20.0 Å². The summed E-state index contributed by atoms with van der Waals surface area (Å²) in [6.45, 7) is 3.88. The lowest BCUT2D eigenvalue weighted by molar-refractivity contribution is 0.0699. The Kier molecular flexibility index (Phi) is 3.00. The lowest BCUT2D eigenvalue weighted by Crippen LogP contribution is -2.05. The van der Waals surface area contributed by atoms with E-state index in [9.17, 15) is 4.79 Å². The maximum absolute atomic E-state index is 11.1. The third-order valence-corrected chi connectivity index (χ3v) is 2.46. The highest BCUT2D eigenvalue weighted by atomic mass is 16.5. The van der Waals surface area contributed by atoms with Crippen molar-refractivity contribution < 1.29 is 14.6 Å². The number of benzene rings is 2. The van der Waals surface area contributed by atoms with E-state index in [1.165, 1.54) is 0 Å². The van der Waals surface area contributed by atoms with E-state index >= 15 is 0 Å². The van der Waals surface area contributed by atoms with Crippen molar-refractivity contribution >= 4 is 16.7 Å². The second-order valence-electron chi connectivity index (χ2n) is 4.16. The monoisotopic (exact) mass is 230 g/mol. The Morgan fingerprint density at radius 2 is 2.00 bits per heavy atom. The molecule has 0 aromatic heterocycles. The fourth-order valence-corrected chi connectivity index (χ4v) is 1.78. The van der Waals surface area contributed by atoms with Crippen LogP contribution < -0.4 is 4.74 Å². The number of hydrogen-bond donors (Lipinski definition) is 1. The molecule has 17 heavy (non-hydrogen) atoms. The summed E-state index contributed by atoms with van der Waals surface area (Å²) in [4.78, 5) is 11.1. The van der Waals surface area contributed by atoms with Crippen LogP contribution in [0.15, 0.2) is 36.4 Å². The fraction of sp³-hybridized carbons (Fsp3) is 0.214. The third kappa shape index (κ3) is 2.38. The zero-order valence-electron chi connectivity index (χ0n) is 9.81. The Morgan fingerprint density at radius 3 is 2.65 bits per heavy atom. The molecule has 3 nitrogen and oxygen atoms in total. The van der Waals surface area contributed by atoms with Gasteiger partial charge in [-0.2, -0.15) is 0 Å². The van der Waals surface area contributed by atoms with Crippen molar-refractivity contribution in [1.82, 2.24) is 0 Å². The van der Waals surface area contributed by atoms with Gasteiger partial charge in [-0.15, -0.1) is 0 Å². The summed E-state index contributed by atoms with van der Waals surface area (Å²) in [5.41, 5.74) is 0.303. The first-order chi connectivity index (χ1) is 8.08. The van der Waals surface area contributed by atoms with Gasteiger partial charge in [0.25, 0.3) is 0 Å². The van der Waals surface area contributed by atoms with Crippen LogP contribution in [0.3, 0.4) is 0 Å². The lowest BCUT2D eigenvalue weighted by atomic mass is 10.0. The molecule has 0 radical (unpaired) electrons. The summed E-state index contributed by atoms with van der Waals surface area (Å²) in [6.07, 6.45) is 0.0736. The second kappa shape index (κ2) is 4.45. The molecule has 1 N–H and O–H groups in total. The highest BCUT2D eigenvalue weighted by Crippen LogP contribution is 2.24. The number of hydrogen-bond acceptors (Lipinski definition) is 2. The Labute approximate surface area is 99.6 Å². The number of carbonyl (C=O) groups is 1. The lowest BCUT2D eigenvalue weighted by Gasteiger charge is -2.11. The zero-order valence-corrected chi connectivity index (χ0v) is 9.81. The van der Waals surface area contributed by atoms with Crippen LogP contribution in [0.2, 0.25) is 0 Å². The van der Waals surface area contributed by atoms with E-state index in [0.717, 1.165) is 5.39 Å². The van der Waals surface area contributed by atoms with Crippen LogP contribution in [0.25, 0.3) is 10.8 Å². The number of aromatic carboxylic acids is 1. The molecule has 0 bridgehead atoms. The molecule has 0 aliphatic carbocycles. The first-order valence-electron chi connectivity index (χ1n) is 5.50. The molecule has 2 rings (SSSR count). The number of carboxylic acid groups (broad SMARTS) is 1. The normalized spacial score (nSPS) is 10.8.